The highest BCUT2D eigenvalue weighted by atomic mass is 16.2. The Balaban J connectivity index is 0.000000255. The number of amides is 5. The van der Waals surface area contributed by atoms with Crippen molar-refractivity contribution in [1.82, 2.24) is 60.1 Å². The number of hydrogen-bond acceptors (Lipinski definition) is 13. The number of carbonyl (C=O) groups is 6. The van der Waals surface area contributed by atoms with E-state index in [0.29, 0.717) is 49.0 Å². The molecule has 5 aromatic heterocycles. The monoisotopic (exact) mass is 1240 g/mol. The van der Waals surface area contributed by atoms with Crippen molar-refractivity contribution >= 4 is 69.3 Å². The Morgan fingerprint density at radius 2 is 1.24 bits per heavy atom. The lowest BCUT2D eigenvalue weighted by molar-refractivity contribution is -0.125. The predicted octanol–water partition coefficient (Wildman–Crippen LogP) is 7.53. The number of H-pyrrole nitrogens is 1. The predicted molar refractivity (Wildman–Crippen MR) is 364 cm³/mol. The molecule has 2 aliphatic rings. The first-order chi connectivity index (χ1) is 44.0. The number of anilines is 2. The Hall–Kier alpha value is -9.47. The number of nitrogens with zero attached hydrogens (tertiary/aromatic N) is 9. The topological polar surface area (TPSA) is 235 Å². The summed E-state index contributed by atoms with van der Waals surface area (Å²) in [6.07, 6.45) is 15.9. The van der Waals surface area contributed by atoms with E-state index in [1.165, 1.54) is 25.3 Å². The maximum atomic E-state index is 13.9. The van der Waals surface area contributed by atoms with E-state index in [4.69, 9.17) is 9.97 Å². The van der Waals surface area contributed by atoms with Crippen molar-refractivity contribution in [2.24, 2.45) is 0 Å². The molecule has 2 fully saturated rings. The number of likely N-dealkylation sites (N-methyl/N-ethyl adjacent to an activating group) is 4. The van der Waals surface area contributed by atoms with Crippen LogP contribution in [0.5, 0.6) is 0 Å². The van der Waals surface area contributed by atoms with E-state index in [1.807, 2.05) is 100 Å². The number of rotatable bonds is 25. The normalized spacial score (nSPS) is 13.4. The number of aromatic nitrogens is 5. The fourth-order valence-corrected chi connectivity index (χ4v) is 11.1. The summed E-state index contributed by atoms with van der Waals surface area (Å²) in [5.74, 6) is 0.602. The van der Waals surface area contributed by atoms with Crippen LogP contribution < -0.4 is 36.6 Å². The van der Waals surface area contributed by atoms with Crippen LogP contribution in [-0.4, -0.2) is 175 Å². The van der Waals surface area contributed by atoms with E-state index < -0.39 is 0 Å². The summed E-state index contributed by atoms with van der Waals surface area (Å²) < 4.78 is 4.21. The standard InChI is InChI=1S/C37H45N7O4.C31H39N7O3.C2H6/c1-5-8-27-21-26(2)40-37(48)32(27)25-39-36(47)31-22-29(28-10-11-34(38-24-28)44-18-16-41(3)17-19-44)23-33-30(31)12-15-43(33)14-7-13-42(4)35(46)9-6-20-45;1-5-29(39)33-11-6-7-12-37-13-10-25-26(31(41)35-20-22(2)30(40)32-3)18-24(19-27(25)37)23-8-9-28(34-21-23)38-16-14-36(4)15-17-38;1-2/h6,9-12,15,20-24H,5,7-8,13-14,16-19,25H2,1-4H3,(H,39,47)(H,40,48);5,8-10,13,18-19,21H,1-2,6-7,11-12,14-17,20H2,3-4H3,(H,32,40)(H,33,39)(H,35,41);1-2H3/b9-6-;;. The van der Waals surface area contributed by atoms with E-state index in [1.54, 1.807) is 11.9 Å². The van der Waals surface area contributed by atoms with Crippen LogP contribution in [0.1, 0.15) is 84.0 Å². The number of benzene rings is 2. The molecule has 0 aliphatic carbocycles. The van der Waals surface area contributed by atoms with Crippen molar-refractivity contribution in [3.05, 3.63) is 167 Å². The molecule has 21 nitrogen and oxygen atoms in total. The Labute approximate surface area is 534 Å². The average molecular weight is 1240 g/mol. The van der Waals surface area contributed by atoms with Gasteiger partial charge in [0, 0.05) is 197 Å². The molecule has 91 heavy (non-hydrogen) atoms. The zero-order chi connectivity index (χ0) is 65.6. The van der Waals surface area contributed by atoms with Gasteiger partial charge < -0.3 is 59.9 Å². The molecule has 2 aliphatic heterocycles. The highest BCUT2D eigenvalue weighted by molar-refractivity contribution is 6.09. The summed E-state index contributed by atoms with van der Waals surface area (Å²) in [5, 5.41) is 12.8. The van der Waals surface area contributed by atoms with Gasteiger partial charge in [-0.2, -0.15) is 0 Å². The van der Waals surface area contributed by atoms with Crippen LogP contribution in [0.4, 0.5) is 11.6 Å². The number of fused-ring (bicyclic) bond motifs is 2. The fraction of sp³-hybridized carbons (Fsp3) is 0.386. The van der Waals surface area contributed by atoms with E-state index in [0.717, 1.165) is 152 Å². The molecular formula is C70H90N14O7. The Bertz CT molecular complexity index is 3750. The molecule has 7 aromatic rings. The van der Waals surface area contributed by atoms with Gasteiger partial charge in [-0.15, -0.1) is 0 Å². The number of aryl methyl sites for hydroxylation is 4. The summed E-state index contributed by atoms with van der Waals surface area (Å²) in [6, 6.07) is 22.0. The lowest BCUT2D eigenvalue weighted by Crippen LogP contribution is -2.44. The second-order valence-electron chi connectivity index (χ2n) is 22.7. The Kier molecular flexibility index (Phi) is 25.7. The van der Waals surface area contributed by atoms with Crippen molar-refractivity contribution in [3.8, 4) is 22.3 Å². The molecule has 0 radical (unpaired) electrons. The van der Waals surface area contributed by atoms with Gasteiger partial charge in [-0.1, -0.05) is 40.3 Å². The van der Waals surface area contributed by atoms with Gasteiger partial charge in [-0.25, -0.2) is 9.97 Å². The van der Waals surface area contributed by atoms with Crippen molar-refractivity contribution in [2.75, 3.05) is 110 Å². The molecular weight excluding hydrogens is 1150 g/mol. The van der Waals surface area contributed by atoms with E-state index in [9.17, 15) is 33.6 Å². The lowest BCUT2D eigenvalue weighted by Gasteiger charge is -2.33. The van der Waals surface area contributed by atoms with E-state index >= 15 is 0 Å². The van der Waals surface area contributed by atoms with Crippen molar-refractivity contribution < 1.29 is 28.8 Å². The molecule has 482 valence electrons. The van der Waals surface area contributed by atoms with Crippen molar-refractivity contribution in [2.45, 2.75) is 79.4 Å². The van der Waals surface area contributed by atoms with Crippen LogP contribution in [-0.2, 0) is 45.2 Å². The Morgan fingerprint density at radius 3 is 1.74 bits per heavy atom. The van der Waals surface area contributed by atoms with Gasteiger partial charge in [0.05, 0.1) is 0 Å². The molecule has 2 saturated heterocycles. The maximum Gasteiger partial charge on any atom is 0.253 e. The zero-order valence-corrected chi connectivity index (χ0v) is 54.2. The molecule has 0 bridgehead atoms. The minimum Gasteiger partial charge on any atom is -0.355 e. The van der Waals surface area contributed by atoms with Gasteiger partial charge in [-0.05, 0) is 142 Å². The third kappa shape index (κ3) is 18.6. The van der Waals surface area contributed by atoms with Gasteiger partial charge in [0.1, 0.15) is 17.9 Å². The summed E-state index contributed by atoms with van der Waals surface area (Å²) in [4.78, 5) is 109. The molecule has 7 heterocycles. The zero-order valence-electron chi connectivity index (χ0n) is 54.2. The first kappa shape index (κ1) is 69.0. The van der Waals surface area contributed by atoms with Crippen LogP contribution in [0.25, 0.3) is 44.1 Å². The third-order valence-electron chi connectivity index (χ3n) is 16.3. The molecule has 9 rings (SSSR count). The van der Waals surface area contributed by atoms with Gasteiger partial charge in [0.15, 0.2) is 0 Å². The summed E-state index contributed by atoms with van der Waals surface area (Å²) in [6.45, 7) is 25.4. The number of allylic oxidation sites excluding steroid dienone is 1. The quantitative estimate of drug-likeness (QED) is 0.0212. The van der Waals surface area contributed by atoms with Gasteiger partial charge in [-0.3, -0.25) is 33.6 Å². The van der Waals surface area contributed by atoms with Crippen LogP contribution in [0.2, 0.25) is 0 Å². The van der Waals surface area contributed by atoms with Crippen LogP contribution in [0.15, 0.2) is 133 Å². The molecule has 5 N–H and O–H groups in total. The molecule has 0 saturated carbocycles. The number of nitrogens with one attached hydrogen (secondary N) is 5. The molecule has 5 amide bonds. The summed E-state index contributed by atoms with van der Waals surface area (Å²) in [7, 11) is 7.49. The van der Waals surface area contributed by atoms with Crippen LogP contribution in [0, 0.1) is 6.92 Å². The van der Waals surface area contributed by atoms with E-state index in [-0.39, 0.29) is 53.8 Å². The number of aromatic amines is 1. The molecule has 0 atom stereocenters. The minimum atomic E-state index is -0.314. The third-order valence-corrected chi connectivity index (χ3v) is 16.3. The molecule has 2 aromatic carbocycles. The van der Waals surface area contributed by atoms with Gasteiger partial charge in [0.25, 0.3) is 17.4 Å². The largest absolute Gasteiger partial charge is 0.355 e. The maximum absolute atomic E-state index is 13.9. The second-order valence-corrected chi connectivity index (χ2v) is 22.7. The summed E-state index contributed by atoms with van der Waals surface area (Å²) >= 11 is 0. The SMILES string of the molecule is C=CC(=O)NCCCCn1ccc2c(C(=O)NCC(=C)C(=O)NC)cc(-c3ccc(N4CCN(C)CC4)nc3)cc21.CC.CCCc1cc(C)[nH]c(=O)c1CNC(=O)c1cc(-c2ccc(N3CCN(C)CC3)nc2)cc2c1ccn2CCCN(C)C(=O)/C=C\C=O. The fourth-order valence-electron chi connectivity index (χ4n) is 11.1. The number of unbranched alkanes of at least 4 members (excludes halogenated alkanes) is 1. The molecule has 0 unspecified atom stereocenters. The average Bonchev–Trinajstić information content (AvgIpc) is 1.75. The van der Waals surface area contributed by atoms with Crippen LogP contribution in [0.3, 0.4) is 0 Å². The number of carbonyl (C=O) groups excluding carboxylic acids is 6. The van der Waals surface area contributed by atoms with Crippen molar-refractivity contribution in [1.29, 1.82) is 0 Å². The molecule has 0 spiro atoms. The second kappa shape index (κ2) is 33.9. The van der Waals surface area contributed by atoms with Gasteiger partial charge in [0.2, 0.25) is 17.7 Å². The van der Waals surface area contributed by atoms with Gasteiger partial charge >= 0.3 is 0 Å². The minimum absolute atomic E-state index is 0.0443. The highest BCUT2D eigenvalue weighted by Gasteiger charge is 2.22. The number of aldehydes is 1. The summed E-state index contributed by atoms with van der Waals surface area (Å²) in [5.41, 5.74) is 8.79. The first-order valence-electron chi connectivity index (χ1n) is 31.5. The van der Waals surface area contributed by atoms with Crippen molar-refractivity contribution in [3.63, 3.8) is 0 Å². The van der Waals surface area contributed by atoms with E-state index in [2.05, 4.69) is 101 Å². The number of hydrogen-bond donors (Lipinski definition) is 5. The smallest absolute Gasteiger partial charge is 0.253 e. The van der Waals surface area contributed by atoms with Crippen LogP contribution >= 0.6 is 0 Å². The first-order valence-corrected chi connectivity index (χ1v) is 31.5. The lowest BCUT2D eigenvalue weighted by atomic mass is 10.00. The molecule has 21 heteroatoms. The number of pyridine rings is 3. The Morgan fingerprint density at radius 1 is 0.703 bits per heavy atom. The number of piperazine rings is 2. The highest BCUT2D eigenvalue weighted by Crippen LogP contribution is 2.32.